The van der Waals surface area contributed by atoms with E-state index in [0.29, 0.717) is 16.9 Å². The summed E-state index contributed by atoms with van der Waals surface area (Å²) in [5.74, 6) is 0.591. The third-order valence-electron chi connectivity index (χ3n) is 4.39. The molecule has 1 aromatic rings. The molecule has 0 aliphatic carbocycles. The third kappa shape index (κ3) is 3.64. The molecular weight excluding hydrogens is 317 g/mol. The van der Waals surface area contributed by atoms with E-state index in [2.05, 4.69) is 4.72 Å². The van der Waals surface area contributed by atoms with Crippen LogP contribution in [0.3, 0.4) is 0 Å². The van der Waals surface area contributed by atoms with Crippen molar-refractivity contribution in [2.75, 3.05) is 17.6 Å². The third-order valence-corrected chi connectivity index (χ3v) is 5.70. The molecule has 6 nitrogen and oxygen atoms in total. The van der Waals surface area contributed by atoms with Gasteiger partial charge in [0.05, 0.1) is 24.1 Å². The zero-order valence-corrected chi connectivity index (χ0v) is 15.3. The van der Waals surface area contributed by atoms with Gasteiger partial charge in [-0.2, -0.15) is 0 Å². The average molecular weight is 341 g/mol. The lowest BCUT2D eigenvalue weighted by atomic mass is 9.78. The summed E-state index contributed by atoms with van der Waals surface area (Å²) in [6.07, 6.45) is 0. The van der Waals surface area contributed by atoms with Crippen molar-refractivity contribution in [1.82, 2.24) is 0 Å². The first-order valence-corrected chi connectivity index (χ1v) is 9.20. The molecule has 128 valence electrons. The van der Waals surface area contributed by atoms with Crippen molar-refractivity contribution in [3.63, 3.8) is 0 Å². The summed E-state index contributed by atoms with van der Waals surface area (Å²) in [7, 11) is -2.42. The van der Waals surface area contributed by atoms with E-state index in [-0.39, 0.29) is 5.75 Å². The van der Waals surface area contributed by atoms with Crippen molar-refractivity contribution >= 4 is 28.3 Å². The number of ether oxygens (including phenoxy) is 1. The highest BCUT2D eigenvalue weighted by Crippen LogP contribution is 2.37. The van der Waals surface area contributed by atoms with E-state index in [1.165, 1.54) is 0 Å². The van der Waals surface area contributed by atoms with E-state index >= 15 is 0 Å². The molecule has 1 heterocycles. The lowest BCUT2D eigenvalue weighted by molar-refractivity contribution is 0.00578. The van der Waals surface area contributed by atoms with Crippen molar-refractivity contribution in [3.8, 4) is 5.75 Å². The van der Waals surface area contributed by atoms with Crippen molar-refractivity contribution < 1.29 is 22.5 Å². The normalized spacial score (nSPS) is 19.7. The molecule has 0 spiro atoms. The van der Waals surface area contributed by atoms with Gasteiger partial charge in [-0.1, -0.05) is 0 Å². The van der Waals surface area contributed by atoms with Crippen LogP contribution in [-0.4, -0.2) is 39.6 Å². The number of hydrogen-bond acceptors (Lipinski definition) is 5. The first-order valence-electron chi connectivity index (χ1n) is 7.55. The van der Waals surface area contributed by atoms with Crippen LogP contribution in [0.5, 0.6) is 5.75 Å². The molecule has 1 aliphatic heterocycles. The second-order valence-electron chi connectivity index (χ2n) is 6.55. The van der Waals surface area contributed by atoms with E-state index in [9.17, 15) is 8.42 Å². The lowest BCUT2D eigenvalue weighted by Gasteiger charge is -2.32. The summed E-state index contributed by atoms with van der Waals surface area (Å²) in [5, 5.41) is 0. The van der Waals surface area contributed by atoms with Gasteiger partial charge in [0, 0.05) is 11.2 Å². The topological polar surface area (TPSA) is 73.9 Å². The van der Waals surface area contributed by atoms with Crippen LogP contribution in [0.1, 0.15) is 34.6 Å². The number of hydrogen-bond donors (Lipinski definition) is 1. The summed E-state index contributed by atoms with van der Waals surface area (Å²) in [6, 6.07) is 5.04. The molecule has 0 bridgehead atoms. The highest BCUT2D eigenvalue weighted by molar-refractivity contribution is 7.92. The zero-order chi connectivity index (χ0) is 17.5. The Hall–Kier alpha value is -1.25. The molecular formula is C15H24BNO5S. The molecule has 1 aliphatic rings. The summed E-state index contributed by atoms with van der Waals surface area (Å²) in [4.78, 5) is 0. The SMILES string of the molecule is CCS(=O)(=O)Nc1ccc(OC)c(B2OC(C)(C)C(C)(C)O2)c1. The minimum absolute atomic E-state index is 0.00481. The largest absolute Gasteiger partial charge is 0.498 e. The minimum Gasteiger partial charge on any atom is -0.497 e. The minimum atomic E-state index is -3.35. The van der Waals surface area contributed by atoms with Crippen LogP contribution in [0.15, 0.2) is 18.2 Å². The monoisotopic (exact) mass is 341 g/mol. The fraction of sp³-hybridized carbons (Fsp3) is 0.600. The van der Waals surface area contributed by atoms with Crippen LogP contribution in [0.25, 0.3) is 0 Å². The average Bonchev–Trinajstić information content (AvgIpc) is 2.67. The predicted molar refractivity (Wildman–Crippen MR) is 91.8 cm³/mol. The van der Waals surface area contributed by atoms with Gasteiger partial charge in [0.15, 0.2) is 0 Å². The summed E-state index contributed by atoms with van der Waals surface area (Å²) in [5.41, 5.74) is 0.142. The maximum Gasteiger partial charge on any atom is 0.498 e. The van der Waals surface area contributed by atoms with Crippen molar-refractivity contribution in [2.24, 2.45) is 0 Å². The number of benzene rings is 1. The van der Waals surface area contributed by atoms with Gasteiger partial charge in [0.1, 0.15) is 5.75 Å². The van der Waals surface area contributed by atoms with Crippen LogP contribution in [0.2, 0.25) is 0 Å². The number of nitrogens with one attached hydrogen (secondary N) is 1. The van der Waals surface area contributed by atoms with Crippen molar-refractivity contribution in [1.29, 1.82) is 0 Å². The van der Waals surface area contributed by atoms with Crippen LogP contribution in [0, 0.1) is 0 Å². The lowest BCUT2D eigenvalue weighted by Crippen LogP contribution is -2.41. The number of rotatable bonds is 5. The quantitative estimate of drug-likeness (QED) is 0.826. The van der Waals surface area contributed by atoms with Gasteiger partial charge in [0.2, 0.25) is 10.0 Å². The molecule has 0 radical (unpaired) electrons. The van der Waals surface area contributed by atoms with Crippen LogP contribution < -0.4 is 14.9 Å². The van der Waals surface area contributed by atoms with E-state index in [0.717, 1.165) is 0 Å². The van der Waals surface area contributed by atoms with E-state index in [1.807, 2.05) is 27.7 Å². The van der Waals surface area contributed by atoms with E-state index in [1.54, 1.807) is 32.2 Å². The molecule has 0 amide bonds. The van der Waals surface area contributed by atoms with E-state index in [4.69, 9.17) is 14.0 Å². The van der Waals surface area contributed by atoms with Gasteiger partial charge in [-0.3, -0.25) is 4.72 Å². The molecule has 2 rings (SSSR count). The Balaban J connectivity index is 2.38. The maximum atomic E-state index is 11.8. The standard InChI is InChI=1S/C15H24BNO5S/c1-7-23(18,19)17-11-8-9-13(20-6)12(10-11)16-21-14(2,3)15(4,5)22-16/h8-10,17H,7H2,1-6H3. The molecule has 1 N–H and O–H groups in total. The van der Waals surface area contributed by atoms with Gasteiger partial charge in [-0.05, 0) is 52.8 Å². The molecule has 23 heavy (non-hydrogen) atoms. The molecule has 0 unspecified atom stereocenters. The van der Waals surface area contributed by atoms with Crippen LogP contribution >= 0.6 is 0 Å². The second kappa shape index (κ2) is 6.00. The van der Waals surface area contributed by atoms with Crippen LogP contribution in [-0.2, 0) is 19.3 Å². The number of methoxy groups -OCH3 is 1. The zero-order valence-electron chi connectivity index (χ0n) is 14.5. The van der Waals surface area contributed by atoms with Gasteiger partial charge < -0.3 is 14.0 Å². The molecule has 1 fully saturated rings. The Morgan fingerprint density at radius 1 is 1.17 bits per heavy atom. The Kier molecular flexibility index (Phi) is 4.72. The maximum absolute atomic E-state index is 11.8. The molecule has 8 heteroatoms. The van der Waals surface area contributed by atoms with Gasteiger partial charge in [0.25, 0.3) is 0 Å². The molecule has 1 saturated heterocycles. The van der Waals surface area contributed by atoms with Crippen LogP contribution in [0.4, 0.5) is 5.69 Å². The second-order valence-corrected chi connectivity index (χ2v) is 8.56. The molecule has 0 atom stereocenters. The molecule has 0 aromatic heterocycles. The summed E-state index contributed by atoms with van der Waals surface area (Å²) >= 11 is 0. The van der Waals surface area contributed by atoms with Gasteiger partial charge >= 0.3 is 7.12 Å². The fourth-order valence-corrected chi connectivity index (χ4v) is 2.83. The van der Waals surface area contributed by atoms with Crippen molar-refractivity contribution in [3.05, 3.63) is 18.2 Å². The predicted octanol–water partition coefficient (Wildman–Crippen LogP) is 1.76. The van der Waals surface area contributed by atoms with E-state index < -0.39 is 28.3 Å². The Bertz CT molecular complexity index is 671. The van der Waals surface area contributed by atoms with Gasteiger partial charge in [-0.15, -0.1) is 0 Å². The summed E-state index contributed by atoms with van der Waals surface area (Å²) < 4.78 is 43.5. The Labute approximate surface area is 138 Å². The highest BCUT2D eigenvalue weighted by Gasteiger charge is 2.52. The number of anilines is 1. The fourth-order valence-electron chi connectivity index (χ4n) is 2.20. The highest BCUT2D eigenvalue weighted by atomic mass is 32.2. The number of sulfonamides is 1. The molecule has 0 saturated carbocycles. The Morgan fingerprint density at radius 3 is 2.22 bits per heavy atom. The first kappa shape index (κ1) is 18.1. The Morgan fingerprint density at radius 2 is 1.74 bits per heavy atom. The smallest absolute Gasteiger partial charge is 0.497 e. The molecule has 1 aromatic carbocycles. The van der Waals surface area contributed by atoms with Crippen molar-refractivity contribution in [2.45, 2.75) is 45.8 Å². The van der Waals surface area contributed by atoms with Gasteiger partial charge in [-0.25, -0.2) is 8.42 Å². The first-order chi connectivity index (χ1) is 10.5. The summed E-state index contributed by atoms with van der Waals surface area (Å²) in [6.45, 7) is 9.43.